The highest BCUT2D eigenvalue weighted by Gasteiger charge is 2.25. The molecule has 0 heterocycles. The number of phosphoric ester groups is 1. The van der Waals surface area contributed by atoms with E-state index in [1.54, 1.807) is 0 Å². The van der Waals surface area contributed by atoms with Crippen molar-refractivity contribution in [1.82, 2.24) is 0 Å². The maximum Gasteiger partial charge on any atom is 0.475 e. The first-order chi connectivity index (χ1) is 7.18. The van der Waals surface area contributed by atoms with Crippen LogP contribution in [0.15, 0.2) is 25.3 Å². The Kier molecular flexibility index (Phi) is 8.62. The maximum absolute atomic E-state index is 11.8. The molecule has 0 aliphatic rings. The van der Waals surface area contributed by atoms with Crippen LogP contribution < -0.4 is 0 Å². The van der Waals surface area contributed by atoms with Crippen molar-refractivity contribution in [3.05, 3.63) is 32.2 Å². The topological polar surface area (TPSA) is 44.8 Å². The molecule has 0 amide bonds. The third-order valence-electron chi connectivity index (χ3n) is 1.34. The van der Waals surface area contributed by atoms with Gasteiger partial charge in [0.15, 0.2) is 0 Å². The van der Waals surface area contributed by atoms with Gasteiger partial charge >= 0.3 is 7.82 Å². The van der Waals surface area contributed by atoms with Crippen molar-refractivity contribution in [3.8, 4) is 0 Å². The van der Waals surface area contributed by atoms with Crippen LogP contribution in [0.4, 0.5) is 0 Å². The van der Waals surface area contributed by atoms with Gasteiger partial charge in [-0.15, -0.1) is 13.2 Å². The van der Waals surface area contributed by atoms with Crippen molar-refractivity contribution in [2.45, 2.75) is 12.8 Å². The Morgan fingerprint density at radius 2 is 1.60 bits per heavy atom. The van der Waals surface area contributed by atoms with Gasteiger partial charge in [-0.05, 0) is 6.42 Å². The molecular weight excluding hydrogens is 215 g/mol. The van der Waals surface area contributed by atoms with E-state index in [4.69, 9.17) is 13.6 Å². The van der Waals surface area contributed by atoms with Crippen molar-refractivity contribution >= 4 is 7.82 Å². The van der Waals surface area contributed by atoms with E-state index in [1.807, 2.05) is 0 Å². The van der Waals surface area contributed by atoms with Gasteiger partial charge in [0.25, 0.3) is 0 Å². The normalized spacial score (nSPS) is 11.3. The van der Waals surface area contributed by atoms with Crippen LogP contribution in [0.5, 0.6) is 0 Å². The Morgan fingerprint density at radius 3 is 2.00 bits per heavy atom. The van der Waals surface area contributed by atoms with Crippen molar-refractivity contribution in [3.63, 3.8) is 0 Å². The van der Waals surface area contributed by atoms with Crippen molar-refractivity contribution in [2.75, 3.05) is 19.8 Å². The predicted molar refractivity (Wildman–Crippen MR) is 60.4 cm³/mol. The number of phosphoric acid groups is 1. The zero-order valence-corrected chi connectivity index (χ0v) is 9.79. The van der Waals surface area contributed by atoms with Gasteiger partial charge in [-0.3, -0.25) is 13.6 Å². The highest BCUT2D eigenvalue weighted by Crippen LogP contribution is 2.49. The summed E-state index contributed by atoms with van der Waals surface area (Å²) < 4.78 is 26.8. The lowest BCUT2D eigenvalue weighted by molar-refractivity contribution is 0.130. The SMILES string of the molecule is [CH2]CCCOP(=O)(OCC=C)OCC=C. The minimum absolute atomic E-state index is 0.124. The highest BCUT2D eigenvalue weighted by atomic mass is 31.2. The molecule has 0 saturated heterocycles. The van der Waals surface area contributed by atoms with E-state index < -0.39 is 7.82 Å². The number of rotatable bonds is 10. The molecule has 0 bridgehead atoms. The van der Waals surface area contributed by atoms with Crippen LogP contribution in [-0.4, -0.2) is 19.8 Å². The summed E-state index contributed by atoms with van der Waals surface area (Å²) in [6, 6.07) is 0. The fourth-order valence-electron chi connectivity index (χ4n) is 0.678. The minimum atomic E-state index is -3.45. The lowest BCUT2D eigenvalue weighted by Gasteiger charge is -2.16. The van der Waals surface area contributed by atoms with Gasteiger partial charge in [0.1, 0.15) is 0 Å². The first kappa shape index (κ1) is 14.6. The molecule has 0 aliphatic carbocycles. The van der Waals surface area contributed by atoms with Crippen LogP contribution in [0.25, 0.3) is 0 Å². The smallest absolute Gasteiger partial charge is 0.287 e. The molecule has 15 heavy (non-hydrogen) atoms. The Balaban J connectivity index is 4.06. The summed E-state index contributed by atoms with van der Waals surface area (Å²) in [5.74, 6) is 0. The Labute approximate surface area is 91.5 Å². The number of unbranched alkanes of at least 4 members (excludes halogenated alkanes) is 1. The van der Waals surface area contributed by atoms with Crippen LogP contribution in [0.1, 0.15) is 12.8 Å². The molecule has 1 radical (unpaired) electrons. The standard InChI is InChI=1S/C10H18O4P/c1-4-7-10-14-15(11,12-8-5-2)13-9-6-3/h5-6H,1-4,7-10H2. The Morgan fingerprint density at radius 1 is 1.07 bits per heavy atom. The van der Waals surface area contributed by atoms with Gasteiger partial charge in [-0.2, -0.15) is 0 Å². The molecule has 4 nitrogen and oxygen atoms in total. The average Bonchev–Trinajstić information content (AvgIpc) is 2.24. The molecule has 87 valence electrons. The summed E-state index contributed by atoms with van der Waals surface area (Å²) in [6.45, 7) is 11.1. The van der Waals surface area contributed by atoms with Crippen LogP contribution in [0, 0.1) is 6.92 Å². The quantitative estimate of drug-likeness (QED) is 0.330. The summed E-state index contributed by atoms with van der Waals surface area (Å²) in [6.07, 6.45) is 4.38. The second kappa shape index (κ2) is 8.86. The molecular formula is C10H18O4P. The number of hydrogen-bond donors (Lipinski definition) is 0. The minimum Gasteiger partial charge on any atom is -0.287 e. The molecule has 0 spiro atoms. The van der Waals surface area contributed by atoms with E-state index in [0.29, 0.717) is 19.4 Å². The number of hydrogen-bond acceptors (Lipinski definition) is 4. The van der Waals surface area contributed by atoms with Gasteiger partial charge in [0.05, 0.1) is 19.8 Å². The average molecular weight is 233 g/mol. The first-order valence-corrected chi connectivity index (χ1v) is 6.19. The van der Waals surface area contributed by atoms with Crippen LogP contribution >= 0.6 is 7.82 Å². The largest absolute Gasteiger partial charge is 0.475 e. The molecule has 0 saturated carbocycles. The summed E-state index contributed by atoms with van der Waals surface area (Å²) in [4.78, 5) is 0. The maximum atomic E-state index is 11.8. The molecule has 0 aromatic heterocycles. The Bertz CT molecular complexity index is 211. The second-order valence-corrected chi connectivity index (χ2v) is 4.33. The Hall–Kier alpha value is -0.410. The van der Waals surface area contributed by atoms with Crippen molar-refractivity contribution < 1.29 is 18.1 Å². The van der Waals surface area contributed by atoms with Gasteiger partial charge in [-0.1, -0.05) is 25.5 Å². The molecule has 5 heteroatoms. The molecule has 0 aromatic rings. The summed E-state index contributed by atoms with van der Waals surface area (Å²) in [5, 5.41) is 0. The molecule has 0 atom stereocenters. The van der Waals surface area contributed by atoms with E-state index in [9.17, 15) is 4.57 Å². The van der Waals surface area contributed by atoms with E-state index in [-0.39, 0.29) is 13.2 Å². The summed E-state index contributed by atoms with van der Waals surface area (Å²) in [7, 11) is -3.45. The molecule has 0 fully saturated rings. The van der Waals surface area contributed by atoms with Crippen LogP contribution in [0.2, 0.25) is 0 Å². The van der Waals surface area contributed by atoms with E-state index in [2.05, 4.69) is 20.1 Å². The van der Waals surface area contributed by atoms with E-state index in [1.165, 1.54) is 12.2 Å². The highest BCUT2D eigenvalue weighted by molar-refractivity contribution is 7.48. The molecule has 0 aliphatic heterocycles. The van der Waals surface area contributed by atoms with Crippen LogP contribution in [-0.2, 0) is 18.1 Å². The lowest BCUT2D eigenvalue weighted by Crippen LogP contribution is -2.01. The fourth-order valence-corrected chi connectivity index (χ4v) is 1.83. The van der Waals surface area contributed by atoms with Gasteiger partial charge < -0.3 is 0 Å². The molecule has 0 rings (SSSR count). The van der Waals surface area contributed by atoms with Gasteiger partial charge in [0.2, 0.25) is 0 Å². The predicted octanol–water partition coefficient (Wildman–Crippen LogP) is 3.13. The first-order valence-electron chi connectivity index (χ1n) is 4.73. The van der Waals surface area contributed by atoms with Gasteiger partial charge in [-0.25, -0.2) is 4.57 Å². The summed E-state index contributed by atoms with van der Waals surface area (Å²) >= 11 is 0. The third kappa shape index (κ3) is 7.51. The lowest BCUT2D eigenvalue weighted by atomic mass is 10.4. The summed E-state index contributed by atoms with van der Waals surface area (Å²) in [5.41, 5.74) is 0. The van der Waals surface area contributed by atoms with E-state index >= 15 is 0 Å². The van der Waals surface area contributed by atoms with E-state index in [0.717, 1.165) is 0 Å². The molecule has 0 N–H and O–H groups in total. The fraction of sp³-hybridized carbons (Fsp3) is 0.500. The van der Waals surface area contributed by atoms with Crippen molar-refractivity contribution in [1.29, 1.82) is 0 Å². The monoisotopic (exact) mass is 233 g/mol. The third-order valence-corrected chi connectivity index (χ3v) is 2.77. The van der Waals surface area contributed by atoms with Gasteiger partial charge in [0, 0.05) is 0 Å². The second-order valence-electron chi connectivity index (χ2n) is 2.66. The molecule has 0 unspecified atom stereocenters. The van der Waals surface area contributed by atoms with Crippen LogP contribution in [0.3, 0.4) is 0 Å². The zero-order chi connectivity index (χ0) is 11.6. The van der Waals surface area contributed by atoms with Crippen molar-refractivity contribution in [2.24, 2.45) is 0 Å². The zero-order valence-electron chi connectivity index (χ0n) is 8.89. The molecule has 0 aromatic carbocycles.